The van der Waals surface area contributed by atoms with E-state index < -0.39 is 0 Å². The zero-order valence-electron chi connectivity index (χ0n) is 8.27. The van der Waals surface area contributed by atoms with Gasteiger partial charge in [-0.1, -0.05) is 6.07 Å². The van der Waals surface area contributed by atoms with Gasteiger partial charge in [-0.15, -0.1) is 5.10 Å². The summed E-state index contributed by atoms with van der Waals surface area (Å²) >= 11 is 1.42. The number of nitrogens with one attached hydrogen (secondary N) is 1. The van der Waals surface area contributed by atoms with Gasteiger partial charge in [-0.2, -0.15) is 0 Å². The largest absolute Gasteiger partial charge is 0.326 e. The van der Waals surface area contributed by atoms with Gasteiger partial charge in [0.25, 0.3) is 0 Å². The van der Waals surface area contributed by atoms with Gasteiger partial charge in [0, 0.05) is 12.7 Å². The lowest BCUT2D eigenvalue weighted by Crippen LogP contribution is -1.96. The van der Waals surface area contributed by atoms with Crippen molar-refractivity contribution >= 4 is 11.8 Å². The first-order chi connectivity index (χ1) is 7.28. The van der Waals surface area contributed by atoms with E-state index in [9.17, 15) is 0 Å². The van der Waals surface area contributed by atoms with Crippen molar-refractivity contribution in [3.8, 4) is 0 Å². The van der Waals surface area contributed by atoms with Crippen molar-refractivity contribution in [2.24, 2.45) is 5.73 Å². The van der Waals surface area contributed by atoms with E-state index >= 15 is 0 Å². The quantitative estimate of drug-likeness (QED) is 0.811. The summed E-state index contributed by atoms with van der Waals surface area (Å²) in [4.78, 5) is 8.42. The van der Waals surface area contributed by atoms with E-state index in [0.29, 0.717) is 11.7 Å². The summed E-state index contributed by atoms with van der Waals surface area (Å²) < 4.78 is 0. The van der Waals surface area contributed by atoms with Crippen LogP contribution in [-0.4, -0.2) is 20.2 Å². The van der Waals surface area contributed by atoms with Crippen molar-refractivity contribution in [2.75, 3.05) is 0 Å². The Hall–Kier alpha value is -1.40. The number of aromatic amines is 1. The summed E-state index contributed by atoms with van der Waals surface area (Å²) in [5, 5.41) is 8.35. The molecule has 0 aromatic carbocycles. The van der Waals surface area contributed by atoms with Crippen molar-refractivity contribution in [2.45, 2.75) is 23.7 Å². The van der Waals surface area contributed by atoms with Gasteiger partial charge < -0.3 is 5.73 Å². The first-order valence-electron chi connectivity index (χ1n) is 4.50. The topological polar surface area (TPSA) is 80.5 Å². The first-order valence-corrected chi connectivity index (χ1v) is 5.31. The molecule has 0 fully saturated rings. The zero-order chi connectivity index (χ0) is 10.7. The number of pyridine rings is 1. The fourth-order valence-electron chi connectivity index (χ4n) is 1.05. The Morgan fingerprint density at radius 3 is 2.87 bits per heavy atom. The Morgan fingerprint density at radius 1 is 1.47 bits per heavy atom. The number of H-pyrrole nitrogens is 1. The van der Waals surface area contributed by atoms with Crippen LogP contribution < -0.4 is 5.73 Å². The molecule has 0 amide bonds. The fourth-order valence-corrected chi connectivity index (χ4v) is 1.76. The monoisotopic (exact) mass is 221 g/mol. The second kappa shape index (κ2) is 4.41. The molecular formula is C9H11N5S. The molecule has 2 aromatic rings. The molecule has 0 spiro atoms. The van der Waals surface area contributed by atoms with Crippen molar-refractivity contribution in [3.05, 3.63) is 29.7 Å². The van der Waals surface area contributed by atoms with Crippen LogP contribution in [0.15, 0.2) is 28.5 Å². The molecule has 6 heteroatoms. The van der Waals surface area contributed by atoms with Crippen molar-refractivity contribution in [3.63, 3.8) is 0 Å². The maximum atomic E-state index is 5.48. The van der Waals surface area contributed by atoms with E-state index in [1.165, 1.54) is 11.8 Å². The summed E-state index contributed by atoms with van der Waals surface area (Å²) in [6.45, 7) is 2.37. The van der Waals surface area contributed by atoms with E-state index in [4.69, 9.17) is 5.73 Å². The number of hydrogen-bond acceptors (Lipinski definition) is 5. The second-order valence-electron chi connectivity index (χ2n) is 3.01. The van der Waals surface area contributed by atoms with Crippen LogP contribution in [0.2, 0.25) is 0 Å². The van der Waals surface area contributed by atoms with Crippen LogP contribution in [-0.2, 0) is 6.54 Å². The minimum atomic E-state index is 0.512. The van der Waals surface area contributed by atoms with E-state index in [1.54, 1.807) is 6.20 Å². The van der Waals surface area contributed by atoms with Gasteiger partial charge in [0.15, 0.2) is 0 Å². The molecule has 0 bridgehead atoms. The van der Waals surface area contributed by atoms with E-state index in [1.807, 2.05) is 19.1 Å². The normalized spacial score (nSPS) is 10.5. The Kier molecular flexibility index (Phi) is 2.98. The van der Waals surface area contributed by atoms with Crippen LogP contribution in [0.25, 0.3) is 0 Å². The lowest BCUT2D eigenvalue weighted by molar-refractivity contribution is 0.960. The number of aryl methyl sites for hydroxylation is 1. The Labute approximate surface area is 91.5 Å². The highest BCUT2D eigenvalue weighted by atomic mass is 32.2. The van der Waals surface area contributed by atoms with Crippen molar-refractivity contribution < 1.29 is 0 Å². The van der Waals surface area contributed by atoms with Gasteiger partial charge in [-0.05, 0) is 30.3 Å². The Morgan fingerprint density at radius 2 is 2.33 bits per heavy atom. The summed E-state index contributed by atoms with van der Waals surface area (Å²) in [6.07, 6.45) is 1.77. The molecule has 0 unspecified atom stereocenters. The third-order valence-corrected chi connectivity index (χ3v) is 2.62. The van der Waals surface area contributed by atoms with Gasteiger partial charge in [-0.3, -0.25) is 5.10 Å². The smallest absolute Gasteiger partial charge is 0.214 e. The SMILES string of the molecule is Cc1nc(Sc2ccc(CN)cn2)n[nH]1. The highest BCUT2D eigenvalue weighted by Crippen LogP contribution is 2.21. The van der Waals surface area contributed by atoms with Gasteiger partial charge in [0.05, 0.1) is 0 Å². The highest BCUT2D eigenvalue weighted by Gasteiger charge is 2.03. The van der Waals surface area contributed by atoms with Crippen LogP contribution in [0.1, 0.15) is 11.4 Å². The van der Waals surface area contributed by atoms with E-state index in [2.05, 4.69) is 20.2 Å². The molecule has 3 N–H and O–H groups in total. The summed E-state index contributed by atoms with van der Waals surface area (Å²) in [7, 11) is 0. The van der Waals surface area contributed by atoms with Crippen LogP contribution >= 0.6 is 11.8 Å². The standard InChI is InChI=1S/C9H11N5S/c1-6-12-9(14-13-6)15-8-3-2-7(4-10)5-11-8/h2-3,5H,4,10H2,1H3,(H,12,13,14). The average Bonchev–Trinajstić information content (AvgIpc) is 2.65. The minimum absolute atomic E-state index is 0.512. The third kappa shape index (κ3) is 2.54. The molecule has 0 radical (unpaired) electrons. The maximum absolute atomic E-state index is 5.48. The maximum Gasteiger partial charge on any atom is 0.214 e. The van der Waals surface area contributed by atoms with Gasteiger partial charge in [-0.25, -0.2) is 9.97 Å². The fraction of sp³-hybridized carbons (Fsp3) is 0.222. The van der Waals surface area contributed by atoms with E-state index in [0.717, 1.165) is 16.4 Å². The molecule has 2 heterocycles. The molecular weight excluding hydrogens is 210 g/mol. The summed E-state index contributed by atoms with van der Waals surface area (Å²) in [6, 6.07) is 3.87. The first kappa shape index (κ1) is 10.1. The number of nitrogens with zero attached hydrogens (tertiary/aromatic N) is 3. The van der Waals surface area contributed by atoms with Gasteiger partial charge in [0.2, 0.25) is 5.16 Å². The molecule has 0 saturated heterocycles. The van der Waals surface area contributed by atoms with Crippen LogP contribution in [0.3, 0.4) is 0 Å². The van der Waals surface area contributed by atoms with E-state index in [-0.39, 0.29) is 0 Å². The lowest BCUT2D eigenvalue weighted by Gasteiger charge is -1.97. The van der Waals surface area contributed by atoms with Crippen molar-refractivity contribution in [1.82, 2.24) is 20.2 Å². The zero-order valence-corrected chi connectivity index (χ0v) is 9.08. The molecule has 0 saturated carbocycles. The lowest BCUT2D eigenvalue weighted by atomic mass is 10.3. The predicted molar refractivity (Wildman–Crippen MR) is 57.4 cm³/mol. The van der Waals surface area contributed by atoms with Crippen LogP contribution in [0.5, 0.6) is 0 Å². The molecule has 0 aliphatic rings. The summed E-state index contributed by atoms with van der Waals surface area (Å²) in [5.41, 5.74) is 6.50. The molecule has 2 rings (SSSR count). The molecule has 78 valence electrons. The molecule has 2 aromatic heterocycles. The van der Waals surface area contributed by atoms with Crippen LogP contribution in [0.4, 0.5) is 0 Å². The number of hydrogen-bond donors (Lipinski definition) is 2. The highest BCUT2D eigenvalue weighted by molar-refractivity contribution is 7.99. The van der Waals surface area contributed by atoms with Crippen LogP contribution in [0, 0.1) is 6.92 Å². The number of rotatable bonds is 3. The Balaban J connectivity index is 2.11. The second-order valence-corrected chi connectivity index (χ2v) is 4.00. The minimum Gasteiger partial charge on any atom is -0.326 e. The van der Waals surface area contributed by atoms with Gasteiger partial charge in [0.1, 0.15) is 10.9 Å². The van der Waals surface area contributed by atoms with Gasteiger partial charge >= 0.3 is 0 Å². The molecule has 0 aliphatic carbocycles. The predicted octanol–water partition coefficient (Wildman–Crippen LogP) is 1.12. The Bertz CT molecular complexity index is 436. The number of nitrogens with two attached hydrogens (primary N) is 1. The average molecular weight is 221 g/mol. The summed E-state index contributed by atoms with van der Waals surface area (Å²) in [5.74, 6) is 0.802. The molecule has 15 heavy (non-hydrogen) atoms. The van der Waals surface area contributed by atoms with Crippen molar-refractivity contribution in [1.29, 1.82) is 0 Å². The molecule has 0 atom stereocenters. The molecule has 0 aliphatic heterocycles. The number of aromatic nitrogens is 4. The third-order valence-electron chi connectivity index (χ3n) is 1.81. The molecule has 5 nitrogen and oxygen atoms in total.